The molecule has 96 valence electrons. The highest BCUT2D eigenvalue weighted by Crippen LogP contribution is 2.20. The topological polar surface area (TPSA) is 0 Å². The predicted molar refractivity (Wildman–Crippen MR) is 94.7 cm³/mol. The molecule has 0 unspecified atom stereocenters. The Kier molecular flexibility index (Phi) is 9.28. The predicted octanol–water partition coefficient (Wildman–Crippen LogP) is 6.42. The molecule has 17 heavy (non-hydrogen) atoms. The lowest BCUT2D eigenvalue weighted by molar-refractivity contribution is 0.609. The summed E-state index contributed by atoms with van der Waals surface area (Å²) in [5.41, 5.74) is 1.30. The third-order valence-electron chi connectivity index (χ3n) is 2.83. The monoisotopic (exact) mass is 476 g/mol. The summed E-state index contributed by atoms with van der Waals surface area (Å²) in [7, 11) is 0. The minimum Gasteiger partial charge on any atom is -0.0840 e. The van der Waals surface area contributed by atoms with Crippen molar-refractivity contribution in [1.82, 2.24) is 0 Å². The molecule has 1 aromatic carbocycles. The highest BCUT2D eigenvalue weighted by Gasteiger charge is 1.99. The maximum atomic E-state index is 6.12. The highest BCUT2D eigenvalue weighted by molar-refractivity contribution is 14.2. The van der Waals surface area contributed by atoms with E-state index in [1.165, 1.54) is 44.1 Å². The summed E-state index contributed by atoms with van der Waals surface area (Å²) < 4.78 is 0.799. The zero-order valence-corrected chi connectivity index (χ0v) is 15.0. The van der Waals surface area contributed by atoms with Crippen molar-refractivity contribution in [3.8, 4) is 0 Å². The maximum absolute atomic E-state index is 6.12. The van der Waals surface area contributed by atoms with Gasteiger partial charge in [0.05, 0.1) is 1.93 Å². The first-order chi connectivity index (χ1) is 8.20. The summed E-state index contributed by atoms with van der Waals surface area (Å²) in [6.07, 6.45) is 9.20. The van der Waals surface area contributed by atoms with Gasteiger partial charge in [0.15, 0.2) is 0 Å². The van der Waals surface area contributed by atoms with Crippen LogP contribution in [0.5, 0.6) is 0 Å². The van der Waals surface area contributed by atoms with Crippen LogP contribution in [0.3, 0.4) is 0 Å². The van der Waals surface area contributed by atoms with E-state index in [1.807, 2.05) is 12.1 Å². The van der Waals surface area contributed by atoms with Crippen LogP contribution < -0.4 is 0 Å². The molecule has 0 bridgehead atoms. The number of aryl methyl sites for hydroxylation is 1. The standard InChI is InChI=1S/C14H19ClI2/c15-13-10-7-6-9-12(13)8-4-2-1-3-5-11-14(16)17/h6-7,9-10,14H,1-5,8,11H2. The first-order valence-electron chi connectivity index (χ1n) is 6.21. The normalized spacial score (nSPS) is 11.1. The Morgan fingerprint density at radius 1 is 0.941 bits per heavy atom. The molecule has 0 amide bonds. The molecule has 0 nitrogen and oxygen atoms in total. The Labute approximate surface area is 137 Å². The molecule has 0 aliphatic heterocycles. The third-order valence-corrected chi connectivity index (χ3v) is 4.44. The summed E-state index contributed by atoms with van der Waals surface area (Å²) in [4.78, 5) is 0. The lowest BCUT2D eigenvalue weighted by Gasteiger charge is -2.04. The van der Waals surface area contributed by atoms with Gasteiger partial charge in [0.2, 0.25) is 0 Å². The molecule has 0 aromatic heterocycles. The first kappa shape index (κ1) is 16.0. The van der Waals surface area contributed by atoms with Gasteiger partial charge in [-0.1, -0.05) is 101 Å². The van der Waals surface area contributed by atoms with Gasteiger partial charge in [0, 0.05) is 5.02 Å². The molecule has 0 atom stereocenters. The second-order valence-corrected chi connectivity index (χ2v) is 10.1. The number of hydrogen-bond acceptors (Lipinski definition) is 0. The van der Waals surface area contributed by atoms with Crippen molar-refractivity contribution in [3.63, 3.8) is 0 Å². The largest absolute Gasteiger partial charge is 0.0840 e. The van der Waals surface area contributed by atoms with E-state index >= 15 is 0 Å². The van der Waals surface area contributed by atoms with E-state index in [4.69, 9.17) is 11.6 Å². The summed E-state index contributed by atoms with van der Waals surface area (Å²) in [5.74, 6) is 0. The molecule has 1 rings (SSSR count). The molecule has 0 radical (unpaired) electrons. The summed E-state index contributed by atoms with van der Waals surface area (Å²) in [6.45, 7) is 0. The maximum Gasteiger partial charge on any atom is 0.0626 e. The Morgan fingerprint density at radius 3 is 2.29 bits per heavy atom. The van der Waals surface area contributed by atoms with E-state index in [2.05, 4.69) is 57.3 Å². The second kappa shape index (κ2) is 9.84. The zero-order chi connectivity index (χ0) is 12.5. The van der Waals surface area contributed by atoms with E-state index < -0.39 is 0 Å². The molecule has 0 aliphatic carbocycles. The molecule has 0 N–H and O–H groups in total. The number of unbranched alkanes of at least 4 members (excludes halogenated alkanes) is 4. The van der Waals surface area contributed by atoms with Crippen LogP contribution in [0.15, 0.2) is 24.3 Å². The fourth-order valence-electron chi connectivity index (χ4n) is 1.85. The van der Waals surface area contributed by atoms with Gasteiger partial charge in [-0.15, -0.1) is 0 Å². The average Bonchev–Trinajstić information content (AvgIpc) is 2.30. The van der Waals surface area contributed by atoms with Gasteiger partial charge in [0.1, 0.15) is 0 Å². The molecule has 0 saturated carbocycles. The molecule has 0 saturated heterocycles. The summed E-state index contributed by atoms with van der Waals surface area (Å²) in [5, 5.41) is 0.921. The summed E-state index contributed by atoms with van der Waals surface area (Å²) >= 11 is 11.1. The highest BCUT2D eigenvalue weighted by atomic mass is 127. The number of halogens is 3. The van der Waals surface area contributed by atoms with E-state index in [0.717, 1.165) is 13.4 Å². The van der Waals surface area contributed by atoms with Crippen molar-refractivity contribution in [2.24, 2.45) is 0 Å². The molecule has 0 fully saturated rings. The average molecular weight is 477 g/mol. The van der Waals surface area contributed by atoms with Crippen LogP contribution in [-0.4, -0.2) is 1.93 Å². The minimum atomic E-state index is 0.799. The quantitative estimate of drug-likeness (QED) is 0.231. The van der Waals surface area contributed by atoms with Crippen molar-refractivity contribution < 1.29 is 0 Å². The van der Waals surface area contributed by atoms with Crippen LogP contribution in [0.4, 0.5) is 0 Å². The Hall–Kier alpha value is 0.970. The van der Waals surface area contributed by atoms with Crippen molar-refractivity contribution in [1.29, 1.82) is 0 Å². The van der Waals surface area contributed by atoms with Crippen molar-refractivity contribution >= 4 is 56.8 Å². The zero-order valence-electron chi connectivity index (χ0n) is 9.97. The minimum absolute atomic E-state index is 0.799. The summed E-state index contributed by atoms with van der Waals surface area (Å²) in [6, 6.07) is 8.19. The number of hydrogen-bond donors (Lipinski definition) is 0. The van der Waals surface area contributed by atoms with Crippen LogP contribution in [-0.2, 0) is 6.42 Å². The van der Waals surface area contributed by atoms with Gasteiger partial charge in [-0.05, 0) is 30.9 Å². The fourth-order valence-corrected chi connectivity index (χ4v) is 2.96. The van der Waals surface area contributed by atoms with Gasteiger partial charge in [-0.25, -0.2) is 0 Å². The molecule has 0 spiro atoms. The SMILES string of the molecule is Clc1ccccc1CCCCCCCC(I)I. The van der Waals surface area contributed by atoms with Crippen LogP contribution >= 0.6 is 56.8 Å². The van der Waals surface area contributed by atoms with Gasteiger partial charge < -0.3 is 0 Å². The molecule has 1 aromatic rings. The van der Waals surface area contributed by atoms with Gasteiger partial charge >= 0.3 is 0 Å². The molecule has 3 heteroatoms. The van der Waals surface area contributed by atoms with Crippen molar-refractivity contribution in [2.45, 2.75) is 46.9 Å². The van der Waals surface area contributed by atoms with Crippen molar-refractivity contribution in [3.05, 3.63) is 34.9 Å². The molecular weight excluding hydrogens is 457 g/mol. The van der Waals surface area contributed by atoms with Crippen LogP contribution in [0.25, 0.3) is 0 Å². The van der Waals surface area contributed by atoms with Crippen LogP contribution in [0.2, 0.25) is 5.02 Å². The van der Waals surface area contributed by atoms with Crippen LogP contribution in [0.1, 0.15) is 44.1 Å². The first-order valence-corrected chi connectivity index (χ1v) is 9.08. The smallest absolute Gasteiger partial charge is 0.0626 e. The number of benzene rings is 1. The lowest BCUT2D eigenvalue weighted by Crippen LogP contribution is -1.88. The van der Waals surface area contributed by atoms with E-state index in [-0.39, 0.29) is 0 Å². The molecule has 0 aliphatic rings. The van der Waals surface area contributed by atoms with Crippen LogP contribution in [0, 0.1) is 0 Å². The van der Waals surface area contributed by atoms with Gasteiger partial charge in [-0.2, -0.15) is 0 Å². The lowest BCUT2D eigenvalue weighted by atomic mass is 10.1. The number of rotatable bonds is 8. The molecular formula is C14H19ClI2. The van der Waals surface area contributed by atoms with E-state index in [1.54, 1.807) is 0 Å². The van der Waals surface area contributed by atoms with Gasteiger partial charge in [-0.3, -0.25) is 0 Å². The Balaban J connectivity index is 2.03. The Morgan fingerprint density at radius 2 is 1.59 bits per heavy atom. The Bertz CT molecular complexity index is 313. The number of alkyl halides is 2. The van der Waals surface area contributed by atoms with E-state index in [9.17, 15) is 0 Å². The van der Waals surface area contributed by atoms with Gasteiger partial charge in [0.25, 0.3) is 0 Å². The van der Waals surface area contributed by atoms with E-state index in [0.29, 0.717) is 0 Å². The third kappa shape index (κ3) is 7.88. The molecule has 0 heterocycles. The van der Waals surface area contributed by atoms with Crippen molar-refractivity contribution in [2.75, 3.05) is 0 Å². The second-order valence-electron chi connectivity index (χ2n) is 4.29. The fraction of sp³-hybridized carbons (Fsp3) is 0.571.